The van der Waals surface area contributed by atoms with E-state index in [2.05, 4.69) is 10.6 Å². The first-order valence-electron chi connectivity index (χ1n) is 8.57. The van der Waals surface area contributed by atoms with Gasteiger partial charge in [0.1, 0.15) is 23.1 Å². The number of halogens is 2. The SMILES string of the molecule is COc1ccc(NC(=O)CC(C)NC(C)c2ccc(F)cc2F)c(OC)c1. The molecule has 0 saturated heterocycles. The van der Waals surface area contributed by atoms with Crippen molar-refractivity contribution in [2.45, 2.75) is 32.4 Å². The molecule has 2 aromatic rings. The molecule has 0 fully saturated rings. The van der Waals surface area contributed by atoms with Crippen molar-refractivity contribution in [3.63, 3.8) is 0 Å². The number of ether oxygens (including phenoxy) is 2. The quantitative estimate of drug-likeness (QED) is 0.728. The Balaban J connectivity index is 1.95. The summed E-state index contributed by atoms with van der Waals surface area (Å²) < 4.78 is 37.3. The van der Waals surface area contributed by atoms with Crippen LogP contribution in [0.2, 0.25) is 0 Å². The highest BCUT2D eigenvalue weighted by Crippen LogP contribution is 2.29. The zero-order chi connectivity index (χ0) is 20.0. The van der Waals surface area contributed by atoms with Crippen molar-refractivity contribution in [1.82, 2.24) is 5.32 Å². The molecule has 0 spiro atoms. The van der Waals surface area contributed by atoms with Gasteiger partial charge in [-0.3, -0.25) is 4.79 Å². The Kier molecular flexibility index (Phi) is 7.12. The largest absolute Gasteiger partial charge is 0.497 e. The van der Waals surface area contributed by atoms with E-state index >= 15 is 0 Å². The lowest BCUT2D eigenvalue weighted by atomic mass is 10.1. The van der Waals surface area contributed by atoms with Crippen LogP contribution in [0.4, 0.5) is 14.5 Å². The summed E-state index contributed by atoms with van der Waals surface area (Å²) in [5.74, 6) is -0.343. The zero-order valence-corrected chi connectivity index (χ0v) is 15.8. The van der Waals surface area contributed by atoms with Gasteiger partial charge in [-0.05, 0) is 32.0 Å². The molecule has 0 aliphatic carbocycles. The molecule has 2 N–H and O–H groups in total. The van der Waals surface area contributed by atoms with Gasteiger partial charge in [-0.2, -0.15) is 0 Å². The highest BCUT2D eigenvalue weighted by molar-refractivity contribution is 5.92. The summed E-state index contributed by atoms with van der Waals surface area (Å²) in [5.41, 5.74) is 0.883. The summed E-state index contributed by atoms with van der Waals surface area (Å²) in [5, 5.41) is 5.94. The summed E-state index contributed by atoms with van der Waals surface area (Å²) in [6, 6.07) is 7.96. The molecule has 0 aliphatic heterocycles. The third-order valence-electron chi connectivity index (χ3n) is 4.14. The van der Waals surface area contributed by atoms with E-state index in [0.717, 1.165) is 6.07 Å². The second-order valence-electron chi connectivity index (χ2n) is 6.27. The number of anilines is 1. The molecular weight excluding hydrogens is 354 g/mol. The van der Waals surface area contributed by atoms with Crippen molar-refractivity contribution < 1.29 is 23.0 Å². The van der Waals surface area contributed by atoms with E-state index < -0.39 is 11.6 Å². The lowest BCUT2D eigenvalue weighted by Crippen LogP contribution is -2.33. The van der Waals surface area contributed by atoms with Gasteiger partial charge in [-0.1, -0.05) is 6.07 Å². The van der Waals surface area contributed by atoms with Gasteiger partial charge in [0.2, 0.25) is 5.91 Å². The van der Waals surface area contributed by atoms with E-state index in [0.29, 0.717) is 22.7 Å². The van der Waals surface area contributed by atoms with Crippen molar-refractivity contribution >= 4 is 11.6 Å². The lowest BCUT2D eigenvalue weighted by Gasteiger charge is -2.21. The smallest absolute Gasteiger partial charge is 0.226 e. The van der Waals surface area contributed by atoms with Gasteiger partial charge < -0.3 is 20.1 Å². The maximum atomic E-state index is 13.9. The molecule has 7 heteroatoms. The molecule has 5 nitrogen and oxygen atoms in total. The number of hydrogen-bond donors (Lipinski definition) is 2. The zero-order valence-electron chi connectivity index (χ0n) is 15.8. The predicted molar refractivity (Wildman–Crippen MR) is 100 cm³/mol. The fourth-order valence-corrected chi connectivity index (χ4v) is 2.81. The molecule has 1 amide bonds. The molecule has 0 saturated carbocycles. The number of benzene rings is 2. The number of nitrogens with one attached hydrogen (secondary N) is 2. The van der Waals surface area contributed by atoms with Crippen LogP contribution in [0.15, 0.2) is 36.4 Å². The minimum absolute atomic E-state index is 0.169. The van der Waals surface area contributed by atoms with Crippen molar-refractivity contribution in [1.29, 1.82) is 0 Å². The first-order chi connectivity index (χ1) is 12.8. The molecule has 146 valence electrons. The third kappa shape index (κ3) is 5.65. The van der Waals surface area contributed by atoms with Crippen LogP contribution >= 0.6 is 0 Å². The van der Waals surface area contributed by atoms with E-state index in [9.17, 15) is 13.6 Å². The van der Waals surface area contributed by atoms with Crippen LogP contribution in [0.5, 0.6) is 11.5 Å². The molecule has 0 bridgehead atoms. The average Bonchev–Trinajstić information content (AvgIpc) is 2.61. The molecule has 0 radical (unpaired) electrons. The molecule has 2 rings (SSSR count). The van der Waals surface area contributed by atoms with Gasteiger partial charge in [0.15, 0.2) is 0 Å². The fourth-order valence-electron chi connectivity index (χ4n) is 2.81. The second kappa shape index (κ2) is 9.32. The van der Waals surface area contributed by atoms with Crippen LogP contribution < -0.4 is 20.1 Å². The summed E-state index contributed by atoms with van der Waals surface area (Å²) in [6.45, 7) is 3.58. The Morgan fingerprint density at radius 3 is 2.44 bits per heavy atom. The molecule has 2 atom stereocenters. The number of methoxy groups -OCH3 is 2. The second-order valence-corrected chi connectivity index (χ2v) is 6.27. The molecule has 2 aromatic carbocycles. The Hall–Kier alpha value is -2.67. The van der Waals surface area contributed by atoms with Crippen molar-refractivity contribution in [3.8, 4) is 11.5 Å². The first-order valence-corrected chi connectivity index (χ1v) is 8.57. The maximum Gasteiger partial charge on any atom is 0.226 e. The fraction of sp³-hybridized carbons (Fsp3) is 0.350. The number of hydrogen-bond acceptors (Lipinski definition) is 4. The van der Waals surface area contributed by atoms with Gasteiger partial charge in [-0.15, -0.1) is 0 Å². The summed E-state index contributed by atoms with van der Waals surface area (Å²) in [6.07, 6.45) is 0.169. The van der Waals surface area contributed by atoms with E-state index in [1.165, 1.54) is 19.2 Å². The van der Waals surface area contributed by atoms with Gasteiger partial charge >= 0.3 is 0 Å². The Labute approximate surface area is 157 Å². The number of amides is 1. The Morgan fingerprint density at radius 2 is 1.81 bits per heavy atom. The first kappa shape index (κ1) is 20.6. The van der Waals surface area contributed by atoms with Crippen LogP contribution in [-0.4, -0.2) is 26.2 Å². The van der Waals surface area contributed by atoms with E-state index in [-0.39, 0.29) is 24.4 Å². The minimum Gasteiger partial charge on any atom is -0.497 e. The highest BCUT2D eigenvalue weighted by atomic mass is 19.1. The Bertz CT molecular complexity index is 799. The van der Waals surface area contributed by atoms with Crippen LogP contribution in [0, 0.1) is 11.6 Å². The van der Waals surface area contributed by atoms with Gasteiger partial charge in [0.25, 0.3) is 0 Å². The Morgan fingerprint density at radius 1 is 1.07 bits per heavy atom. The number of carbonyl (C=O) groups excluding carboxylic acids is 1. The monoisotopic (exact) mass is 378 g/mol. The molecule has 0 heterocycles. The van der Waals surface area contributed by atoms with Crippen molar-refractivity contribution in [3.05, 3.63) is 53.6 Å². The minimum atomic E-state index is -0.621. The lowest BCUT2D eigenvalue weighted by molar-refractivity contribution is -0.116. The summed E-state index contributed by atoms with van der Waals surface area (Å²) in [7, 11) is 3.05. The number of rotatable bonds is 8. The summed E-state index contributed by atoms with van der Waals surface area (Å²) in [4.78, 5) is 12.3. The molecule has 0 aromatic heterocycles. The highest BCUT2D eigenvalue weighted by Gasteiger charge is 2.17. The van der Waals surface area contributed by atoms with E-state index in [1.807, 2.05) is 6.92 Å². The molecule has 27 heavy (non-hydrogen) atoms. The van der Waals surface area contributed by atoms with Gasteiger partial charge in [-0.25, -0.2) is 8.78 Å². The standard InChI is InChI=1S/C20H24F2N2O3/c1-12(23-13(2)16-7-5-14(21)10-17(16)22)9-20(25)24-18-8-6-15(26-3)11-19(18)27-4/h5-8,10-13,23H,9H2,1-4H3,(H,24,25). The van der Waals surface area contributed by atoms with E-state index in [4.69, 9.17) is 9.47 Å². The maximum absolute atomic E-state index is 13.9. The van der Waals surface area contributed by atoms with Crippen LogP contribution in [0.25, 0.3) is 0 Å². The topological polar surface area (TPSA) is 59.6 Å². The van der Waals surface area contributed by atoms with Gasteiger partial charge in [0.05, 0.1) is 19.9 Å². The normalized spacial score (nSPS) is 13.0. The molecule has 0 aliphatic rings. The van der Waals surface area contributed by atoms with Crippen molar-refractivity contribution in [2.75, 3.05) is 19.5 Å². The average molecular weight is 378 g/mol. The van der Waals surface area contributed by atoms with Crippen LogP contribution in [0.1, 0.15) is 31.9 Å². The number of carbonyl (C=O) groups is 1. The van der Waals surface area contributed by atoms with Crippen LogP contribution in [0.3, 0.4) is 0 Å². The molecular formula is C20H24F2N2O3. The van der Waals surface area contributed by atoms with Crippen molar-refractivity contribution in [2.24, 2.45) is 0 Å². The predicted octanol–water partition coefficient (Wildman–Crippen LogP) is 4.05. The van der Waals surface area contributed by atoms with Gasteiger partial charge in [0, 0.05) is 36.2 Å². The van der Waals surface area contributed by atoms with Crippen LogP contribution in [-0.2, 0) is 4.79 Å². The van der Waals surface area contributed by atoms with E-state index in [1.54, 1.807) is 32.2 Å². The summed E-state index contributed by atoms with van der Waals surface area (Å²) >= 11 is 0. The molecule has 2 unspecified atom stereocenters. The third-order valence-corrected chi connectivity index (χ3v) is 4.14.